The number of hydrogen-bond donors (Lipinski definition) is 0. The first-order valence-corrected chi connectivity index (χ1v) is 16.0. The van der Waals surface area contributed by atoms with E-state index in [0.717, 1.165) is 4.28 Å². The molecule has 3 aliphatic rings. The molecule has 6 heteroatoms. The van der Waals surface area contributed by atoms with Gasteiger partial charge in [-0.3, -0.25) is 0 Å². The van der Waals surface area contributed by atoms with Crippen LogP contribution in [0, 0.1) is 0 Å². The Hall–Kier alpha value is 0.521. The monoisotopic (exact) mass is 340 g/mol. The highest BCUT2D eigenvalue weighted by molar-refractivity contribution is 7.42. The van der Waals surface area contributed by atoms with Crippen LogP contribution in [0.5, 0.6) is 0 Å². The van der Waals surface area contributed by atoms with Gasteiger partial charge in [-0.1, -0.05) is 72.8 Å². The van der Waals surface area contributed by atoms with E-state index in [1.165, 1.54) is 73.5 Å². The Kier molecular flexibility index (Phi) is 4.64. The zero-order chi connectivity index (χ0) is 13.2. The molecule has 12 radical (unpaired) electrons. The van der Waals surface area contributed by atoms with Crippen molar-refractivity contribution in [3.8, 4) is 0 Å². The molecule has 0 amide bonds. The molecular formula is C13H16Si6. The van der Waals surface area contributed by atoms with Gasteiger partial charge in [0, 0.05) is 54.2 Å². The molecular weight excluding hydrogens is 325 g/mol. The average Bonchev–Trinajstić information content (AvgIpc) is 2.50. The fraction of sp³-hybridized carbons (Fsp3) is 0.538. The first-order valence-electron chi connectivity index (χ1n) is 6.97. The third kappa shape index (κ3) is 2.93. The molecule has 3 saturated heterocycles. The van der Waals surface area contributed by atoms with Crippen LogP contribution in [0.3, 0.4) is 0 Å². The Bertz CT molecular complexity index is 396. The summed E-state index contributed by atoms with van der Waals surface area (Å²) in [6, 6.07) is 11.5. The smallest absolute Gasteiger partial charge is 0.0271 e. The summed E-state index contributed by atoms with van der Waals surface area (Å²) in [6.45, 7) is 2.33. The fourth-order valence-corrected chi connectivity index (χ4v) is 33.3. The van der Waals surface area contributed by atoms with Crippen molar-refractivity contribution in [2.24, 2.45) is 0 Å². The first kappa shape index (κ1) is 14.5. The van der Waals surface area contributed by atoms with E-state index in [9.17, 15) is 0 Å². The van der Waals surface area contributed by atoms with E-state index in [2.05, 4.69) is 37.3 Å². The van der Waals surface area contributed by atoms with Crippen LogP contribution >= 0.6 is 0 Å². The van der Waals surface area contributed by atoms with Crippen molar-refractivity contribution >= 4 is 54.2 Å². The second-order valence-electron chi connectivity index (χ2n) is 5.23. The highest BCUT2D eigenvalue weighted by Crippen LogP contribution is 2.41. The minimum absolute atomic E-state index is 0.670. The minimum Gasteiger partial charge on any atom is -0.0654 e. The van der Waals surface area contributed by atoms with Crippen LogP contribution in [-0.2, 0) is 4.28 Å². The van der Waals surface area contributed by atoms with Crippen LogP contribution < -0.4 is 0 Å². The Balaban J connectivity index is 1.68. The van der Waals surface area contributed by atoms with Gasteiger partial charge < -0.3 is 0 Å². The maximum Gasteiger partial charge on any atom is 0.0271 e. The van der Waals surface area contributed by atoms with Crippen molar-refractivity contribution < 1.29 is 0 Å². The van der Waals surface area contributed by atoms with Crippen molar-refractivity contribution in [2.45, 2.75) is 41.2 Å². The molecule has 1 aromatic rings. The molecule has 3 heterocycles. The van der Waals surface area contributed by atoms with E-state index in [1.807, 2.05) is 0 Å². The van der Waals surface area contributed by atoms with Crippen LogP contribution in [0.15, 0.2) is 30.3 Å². The Morgan fingerprint density at radius 1 is 0.842 bits per heavy atom. The standard InChI is InChI=1S/C13H16Si6/c1-2-3-7-10-12-14-17-13(18-15-12,19-16-12)11-8-5-4-6-9-11/h4-6,8-9H,2-3,7,10H2,1H3. The summed E-state index contributed by atoms with van der Waals surface area (Å²) in [5.41, 5.74) is 1.68. The Labute approximate surface area is 131 Å². The fourth-order valence-electron chi connectivity index (χ4n) is 2.52. The SMILES string of the molecule is CCCCCC12[Si][Si]C(c3ccccc3)([Si][Si]1)[Si][Si]2. The van der Waals surface area contributed by atoms with Gasteiger partial charge in [-0.25, -0.2) is 0 Å². The highest BCUT2D eigenvalue weighted by Gasteiger charge is 2.50. The van der Waals surface area contributed by atoms with E-state index in [4.69, 9.17) is 0 Å². The molecule has 0 aromatic heterocycles. The zero-order valence-corrected chi connectivity index (χ0v) is 17.2. The summed E-state index contributed by atoms with van der Waals surface area (Å²) >= 11 is 0. The highest BCUT2D eigenvalue weighted by atomic mass is 29.3. The number of fused-ring (bicyclic) bond motifs is 3. The average molecular weight is 341 g/mol. The van der Waals surface area contributed by atoms with E-state index in [0.29, 0.717) is 4.28 Å². The van der Waals surface area contributed by atoms with E-state index in [-0.39, 0.29) is 0 Å². The lowest BCUT2D eigenvalue weighted by molar-refractivity contribution is 0.668. The van der Waals surface area contributed by atoms with Crippen LogP contribution in [0.4, 0.5) is 0 Å². The van der Waals surface area contributed by atoms with Gasteiger partial charge in [0.05, 0.1) is 0 Å². The van der Waals surface area contributed by atoms with Crippen molar-refractivity contribution in [3.63, 3.8) is 0 Å². The normalized spacial score (nSPS) is 33.5. The maximum atomic E-state index is 2.40. The van der Waals surface area contributed by atoms with Crippen LogP contribution in [-0.4, -0.2) is 54.2 Å². The van der Waals surface area contributed by atoms with Crippen molar-refractivity contribution in [1.82, 2.24) is 0 Å². The van der Waals surface area contributed by atoms with Gasteiger partial charge in [-0.2, -0.15) is 0 Å². The third-order valence-corrected chi connectivity index (χ3v) is 30.0. The summed E-state index contributed by atoms with van der Waals surface area (Å²) in [5.74, 6) is 0. The van der Waals surface area contributed by atoms with Crippen molar-refractivity contribution in [2.75, 3.05) is 0 Å². The molecule has 2 bridgehead atoms. The molecule has 0 nitrogen and oxygen atoms in total. The molecule has 4 rings (SSSR count). The first-order chi connectivity index (χ1) is 9.29. The van der Waals surface area contributed by atoms with Gasteiger partial charge in [-0.05, 0) is 4.28 Å². The number of unbranched alkanes of at least 4 members (excludes halogenated alkanes) is 2. The predicted molar refractivity (Wildman–Crippen MR) is 89.5 cm³/mol. The van der Waals surface area contributed by atoms with Gasteiger partial charge in [-0.15, -0.1) is 0 Å². The van der Waals surface area contributed by atoms with E-state index < -0.39 is 0 Å². The van der Waals surface area contributed by atoms with Gasteiger partial charge in [0.1, 0.15) is 0 Å². The third-order valence-electron chi connectivity index (χ3n) is 3.75. The predicted octanol–water partition coefficient (Wildman–Crippen LogP) is 1.45. The van der Waals surface area contributed by atoms with E-state index >= 15 is 0 Å². The molecule has 1 aromatic carbocycles. The van der Waals surface area contributed by atoms with Gasteiger partial charge in [0.25, 0.3) is 0 Å². The second-order valence-corrected chi connectivity index (χ2v) is 19.0. The summed E-state index contributed by atoms with van der Waals surface area (Å²) in [5, 5.41) is 0. The summed E-state index contributed by atoms with van der Waals surface area (Å²) in [4.78, 5) is 0. The van der Waals surface area contributed by atoms with Gasteiger partial charge in [0.15, 0.2) is 0 Å². The molecule has 19 heavy (non-hydrogen) atoms. The molecule has 0 aliphatic carbocycles. The van der Waals surface area contributed by atoms with Crippen LogP contribution in [0.1, 0.15) is 38.2 Å². The molecule has 0 atom stereocenters. The Morgan fingerprint density at radius 2 is 1.47 bits per heavy atom. The van der Waals surface area contributed by atoms with Gasteiger partial charge >= 0.3 is 0 Å². The molecule has 0 unspecified atom stereocenters. The summed E-state index contributed by atoms with van der Waals surface area (Å²) in [6.07, 6.45) is 5.90. The van der Waals surface area contributed by atoms with E-state index in [1.54, 1.807) is 12.0 Å². The van der Waals surface area contributed by atoms with Crippen LogP contribution in [0.25, 0.3) is 0 Å². The lowest BCUT2D eigenvalue weighted by Gasteiger charge is -2.52. The second kappa shape index (κ2) is 6.10. The minimum atomic E-state index is 0.670. The molecule has 92 valence electrons. The molecule has 3 aliphatic heterocycles. The van der Waals surface area contributed by atoms with Crippen molar-refractivity contribution in [1.29, 1.82) is 0 Å². The maximum absolute atomic E-state index is 2.40. The van der Waals surface area contributed by atoms with Crippen LogP contribution in [0.2, 0.25) is 4.28 Å². The number of rotatable bonds is 5. The lowest BCUT2D eigenvalue weighted by atomic mass is 10.2. The quantitative estimate of drug-likeness (QED) is 0.562. The zero-order valence-electron chi connectivity index (χ0n) is 11.2. The molecule has 3 fully saturated rings. The number of hydrogen-bond acceptors (Lipinski definition) is 0. The van der Waals surface area contributed by atoms with Gasteiger partial charge in [0.2, 0.25) is 0 Å². The van der Waals surface area contributed by atoms with Crippen molar-refractivity contribution in [3.05, 3.63) is 35.9 Å². The molecule has 0 N–H and O–H groups in total. The Morgan fingerprint density at radius 3 is 2.05 bits per heavy atom. The largest absolute Gasteiger partial charge is 0.0654 e. The number of benzene rings is 1. The lowest BCUT2D eigenvalue weighted by Crippen LogP contribution is -2.68. The molecule has 0 spiro atoms. The summed E-state index contributed by atoms with van der Waals surface area (Å²) < 4.78 is 1.53. The summed E-state index contributed by atoms with van der Waals surface area (Å²) in [7, 11) is 7.58. The molecule has 0 saturated carbocycles. The topological polar surface area (TPSA) is 0 Å².